The molecule has 1 aliphatic heterocycles. The van der Waals surface area contributed by atoms with E-state index in [9.17, 15) is 13.2 Å². The van der Waals surface area contributed by atoms with Crippen molar-refractivity contribution in [3.05, 3.63) is 30.3 Å². The van der Waals surface area contributed by atoms with Crippen LogP contribution in [0.25, 0.3) is 0 Å². The van der Waals surface area contributed by atoms with E-state index in [-0.39, 0.29) is 16.9 Å². The lowest BCUT2D eigenvalue weighted by Gasteiger charge is -2.10. The van der Waals surface area contributed by atoms with Gasteiger partial charge in [-0.15, -0.1) is 0 Å². The molecule has 2 fully saturated rings. The van der Waals surface area contributed by atoms with E-state index >= 15 is 0 Å². The Morgan fingerprint density at radius 2 is 1.94 bits per heavy atom. The van der Waals surface area contributed by atoms with Crippen molar-refractivity contribution >= 4 is 15.8 Å². The average Bonchev–Trinajstić information content (AvgIpc) is 3.02. The molecular formula is C12H12O4S. The maximum Gasteiger partial charge on any atom is 0.328 e. The van der Waals surface area contributed by atoms with Crippen molar-refractivity contribution in [2.45, 2.75) is 29.1 Å². The predicted molar refractivity (Wildman–Crippen MR) is 60.0 cm³/mol. The maximum atomic E-state index is 12.5. The molecule has 4 nitrogen and oxygen atoms in total. The van der Waals surface area contributed by atoms with Crippen LogP contribution in [0.2, 0.25) is 0 Å². The van der Waals surface area contributed by atoms with Gasteiger partial charge in [-0.25, -0.2) is 8.42 Å². The van der Waals surface area contributed by atoms with Gasteiger partial charge in [0.05, 0.1) is 4.90 Å². The van der Waals surface area contributed by atoms with E-state index in [1.165, 1.54) is 12.1 Å². The molecule has 0 spiro atoms. The summed E-state index contributed by atoms with van der Waals surface area (Å²) in [6.45, 7) is 1.75. The van der Waals surface area contributed by atoms with Crippen molar-refractivity contribution in [2.24, 2.45) is 5.92 Å². The molecule has 2 aliphatic rings. The summed E-state index contributed by atoms with van der Waals surface area (Å²) in [6, 6.07) is 8.11. The van der Waals surface area contributed by atoms with Crippen molar-refractivity contribution in [3.63, 3.8) is 0 Å². The fraction of sp³-hybridized carbons (Fsp3) is 0.417. The summed E-state index contributed by atoms with van der Waals surface area (Å²) in [6.07, 6.45) is 0.102. The minimum Gasteiger partial charge on any atom is -0.461 e. The highest BCUT2D eigenvalue weighted by molar-refractivity contribution is 7.94. The number of esters is 1. The first-order valence-corrected chi connectivity index (χ1v) is 6.99. The Labute approximate surface area is 99.5 Å². The largest absolute Gasteiger partial charge is 0.461 e. The maximum absolute atomic E-state index is 12.5. The molecule has 1 heterocycles. The molecule has 17 heavy (non-hydrogen) atoms. The zero-order chi connectivity index (χ0) is 12.3. The minimum absolute atomic E-state index is 0.180. The van der Waals surface area contributed by atoms with E-state index in [0.29, 0.717) is 6.42 Å². The van der Waals surface area contributed by atoms with Gasteiger partial charge < -0.3 is 4.74 Å². The third-order valence-electron chi connectivity index (χ3n) is 3.70. The Morgan fingerprint density at radius 3 is 2.41 bits per heavy atom. The number of hydrogen-bond donors (Lipinski definition) is 0. The fourth-order valence-electron chi connectivity index (χ4n) is 2.63. The number of hydrogen-bond acceptors (Lipinski definition) is 4. The summed E-state index contributed by atoms with van der Waals surface area (Å²) in [5, 5.41) is 0. The van der Waals surface area contributed by atoms with Crippen LogP contribution in [-0.4, -0.2) is 25.2 Å². The summed E-state index contributed by atoms with van der Waals surface area (Å²) in [5.41, 5.74) is 0. The smallest absolute Gasteiger partial charge is 0.328 e. The number of rotatable bonds is 2. The van der Waals surface area contributed by atoms with Crippen LogP contribution in [0, 0.1) is 5.92 Å². The lowest BCUT2D eigenvalue weighted by atomic mass is 10.2. The first kappa shape index (κ1) is 10.8. The van der Waals surface area contributed by atoms with E-state index < -0.39 is 20.6 Å². The predicted octanol–water partition coefficient (Wildman–Crippen LogP) is 1.16. The normalized spacial score (nSPS) is 35.2. The van der Waals surface area contributed by atoms with E-state index in [2.05, 4.69) is 0 Å². The Hall–Kier alpha value is -1.36. The van der Waals surface area contributed by atoms with Crippen molar-refractivity contribution in [3.8, 4) is 0 Å². The molecule has 1 aliphatic carbocycles. The van der Waals surface area contributed by atoms with E-state index in [1.54, 1.807) is 25.1 Å². The highest BCUT2D eigenvalue weighted by Crippen LogP contribution is 2.59. The van der Waals surface area contributed by atoms with Crippen molar-refractivity contribution in [2.75, 3.05) is 0 Å². The monoisotopic (exact) mass is 252 g/mol. The van der Waals surface area contributed by atoms with Crippen LogP contribution in [0.4, 0.5) is 0 Å². The molecule has 1 aromatic rings. The topological polar surface area (TPSA) is 60.4 Å². The number of fused-ring (bicyclic) bond motifs is 1. The molecule has 0 bridgehead atoms. The molecule has 0 unspecified atom stereocenters. The summed E-state index contributed by atoms with van der Waals surface area (Å²) in [7, 11) is -3.62. The molecule has 5 heteroatoms. The third-order valence-corrected chi connectivity index (χ3v) is 6.19. The fourth-order valence-corrected chi connectivity index (χ4v) is 4.82. The van der Waals surface area contributed by atoms with Crippen LogP contribution in [0.15, 0.2) is 35.2 Å². The van der Waals surface area contributed by atoms with Gasteiger partial charge in [-0.3, -0.25) is 4.79 Å². The average molecular weight is 252 g/mol. The second-order valence-corrected chi connectivity index (χ2v) is 6.83. The number of ether oxygens (including phenoxy) is 1. The van der Waals surface area contributed by atoms with Gasteiger partial charge in [0.25, 0.3) is 0 Å². The molecule has 90 valence electrons. The second kappa shape index (κ2) is 3.10. The summed E-state index contributed by atoms with van der Waals surface area (Å²) >= 11 is 0. The Kier molecular flexibility index (Phi) is 1.96. The van der Waals surface area contributed by atoms with Crippen LogP contribution >= 0.6 is 0 Å². The van der Waals surface area contributed by atoms with Crippen LogP contribution in [-0.2, 0) is 19.4 Å². The zero-order valence-corrected chi connectivity index (χ0v) is 10.1. The Balaban J connectivity index is 2.10. The quantitative estimate of drug-likeness (QED) is 0.741. The first-order chi connectivity index (χ1) is 8.00. The highest BCUT2D eigenvalue weighted by Gasteiger charge is 2.76. The van der Waals surface area contributed by atoms with Crippen molar-refractivity contribution < 1.29 is 17.9 Å². The van der Waals surface area contributed by atoms with Crippen LogP contribution in [0.3, 0.4) is 0 Å². The van der Waals surface area contributed by atoms with Crippen molar-refractivity contribution in [1.29, 1.82) is 0 Å². The molecule has 1 saturated carbocycles. The van der Waals surface area contributed by atoms with E-state index in [1.807, 2.05) is 0 Å². The summed E-state index contributed by atoms with van der Waals surface area (Å²) in [5.74, 6) is -0.765. The summed E-state index contributed by atoms with van der Waals surface area (Å²) in [4.78, 5) is 12.0. The molecule has 3 rings (SSSR count). The lowest BCUT2D eigenvalue weighted by molar-refractivity contribution is -0.143. The van der Waals surface area contributed by atoms with Gasteiger partial charge in [0.15, 0.2) is 14.6 Å². The van der Waals surface area contributed by atoms with E-state index in [4.69, 9.17) is 4.74 Å². The Bertz CT molecular complexity index is 578. The lowest BCUT2D eigenvalue weighted by Crippen LogP contribution is -2.31. The number of benzene rings is 1. The molecule has 0 amide bonds. The molecule has 0 N–H and O–H groups in total. The van der Waals surface area contributed by atoms with E-state index in [0.717, 1.165) is 0 Å². The number of carbonyl (C=O) groups is 1. The van der Waals surface area contributed by atoms with Crippen LogP contribution < -0.4 is 0 Å². The highest BCUT2D eigenvalue weighted by atomic mass is 32.2. The van der Waals surface area contributed by atoms with Gasteiger partial charge in [-0.2, -0.15) is 0 Å². The van der Waals surface area contributed by atoms with Gasteiger partial charge in [-0.1, -0.05) is 18.2 Å². The molecule has 1 saturated heterocycles. The molecule has 3 atom stereocenters. The van der Waals surface area contributed by atoms with Crippen LogP contribution in [0.1, 0.15) is 13.3 Å². The van der Waals surface area contributed by atoms with Gasteiger partial charge in [0, 0.05) is 5.92 Å². The Morgan fingerprint density at radius 1 is 1.29 bits per heavy atom. The molecule has 0 radical (unpaired) electrons. The van der Waals surface area contributed by atoms with Crippen molar-refractivity contribution in [1.82, 2.24) is 0 Å². The zero-order valence-electron chi connectivity index (χ0n) is 9.29. The van der Waals surface area contributed by atoms with Gasteiger partial charge in [0.2, 0.25) is 0 Å². The molecule has 0 aromatic heterocycles. The van der Waals surface area contributed by atoms with Crippen LogP contribution in [0.5, 0.6) is 0 Å². The summed E-state index contributed by atoms with van der Waals surface area (Å²) < 4.78 is 28.6. The van der Waals surface area contributed by atoms with Gasteiger partial charge >= 0.3 is 5.97 Å². The van der Waals surface area contributed by atoms with Gasteiger partial charge in [0.1, 0.15) is 6.10 Å². The first-order valence-electron chi connectivity index (χ1n) is 5.51. The second-order valence-electron chi connectivity index (χ2n) is 4.63. The standard InChI is InChI=1S/C12H12O4S/c1-8-10-7-12(10,11(13)16-8)17(14,15)9-5-3-2-4-6-9/h2-6,8,10H,7H2,1H3/t8-,10+,12-/m1/s1. The molecular weight excluding hydrogens is 240 g/mol. The number of carbonyl (C=O) groups excluding carboxylic acids is 1. The SMILES string of the molecule is C[C@H]1OC(=O)[C@@]2(S(=O)(=O)c3ccccc3)C[C@@H]12. The third kappa shape index (κ3) is 1.17. The minimum atomic E-state index is -3.62. The number of sulfone groups is 1. The number of cyclic esters (lactones) is 1. The molecule has 1 aromatic carbocycles. The van der Waals surface area contributed by atoms with Gasteiger partial charge in [-0.05, 0) is 25.5 Å².